The minimum atomic E-state index is -0.365. The van der Waals surface area contributed by atoms with Crippen LogP contribution >= 0.6 is 0 Å². The quantitative estimate of drug-likeness (QED) is 0.787. The number of nitrogens with zero attached hydrogens (tertiary/aromatic N) is 2. The molecule has 3 rings (SSSR count). The van der Waals surface area contributed by atoms with Crippen LogP contribution in [-0.4, -0.2) is 39.3 Å². The highest BCUT2D eigenvalue weighted by molar-refractivity contribution is 6.62. The van der Waals surface area contributed by atoms with E-state index in [-0.39, 0.29) is 29.5 Å². The highest BCUT2D eigenvalue weighted by atomic mass is 16.7. The van der Waals surface area contributed by atoms with E-state index < -0.39 is 0 Å². The van der Waals surface area contributed by atoms with E-state index in [4.69, 9.17) is 14.0 Å². The smallest absolute Gasteiger partial charge is 0.399 e. The van der Waals surface area contributed by atoms with E-state index in [2.05, 4.69) is 60.5 Å². The molecule has 2 aliphatic rings. The molecule has 0 aromatic carbocycles. The molecule has 1 aromatic heterocycles. The molecule has 1 atom stereocenters. The first-order valence-corrected chi connectivity index (χ1v) is 9.42. The summed E-state index contributed by atoms with van der Waals surface area (Å²) in [6.07, 6.45) is 5.24. The van der Waals surface area contributed by atoms with E-state index in [9.17, 15) is 0 Å². The van der Waals surface area contributed by atoms with Crippen LogP contribution in [-0.2, 0) is 20.6 Å². The number of hydrogen-bond donors (Lipinski definition) is 0. The molecule has 140 valence electrons. The summed E-state index contributed by atoms with van der Waals surface area (Å²) < 4.78 is 20.8. The van der Waals surface area contributed by atoms with Crippen molar-refractivity contribution in [2.45, 2.75) is 104 Å². The van der Waals surface area contributed by atoms with Crippen molar-refractivity contribution in [2.75, 3.05) is 0 Å². The summed E-state index contributed by atoms with van der Waals surface area (Å²) in [6.45, 7) is 17.7. The predicted octanol–water partition coefficient (Wildman–Crippen LogP) is 3.23. The highest BCUT2D eigenvalue weighted by Gasteiger charge is 2.52. The molecule has 1 unspecified atom stereocenters. The molecule has 0 aliphatic carbocycles. The van der Waals surface area contributed by atoms with Gasteiger partial charge in [0.15, 0.2) is 0 Å². The third-order valence-electron chi connectivity index (χ3n) is 6.14. The van der Waals surface area contributed by atoms with Crippen LogP contribution in [0.4, 0.5) is 0 Å². The van der Waals surface area contributed by atoms with Crippen LogP contribution in [0, 0.1) is 6.92 Å². The molecule has 2 saturated heterocycles. The van der Waals surface area contributed by atoms with Gasteiger partial charge in [-0.1, -0.05) is 0 Å². The molecular weight excluding hydrogens is 315 g/mol. The zero-order chi connectivity index (χ0) is 18.7. The van der Waals surface area contributed by atoms with Crippen LogP contribution < -0.4 is 5.46 Å². The Morgan fingerprint density at radius 2 is 1.64 bits per heavy atom. The molecule has 0 radical (unpaired) electrons. The van der Waals surface area contributed by atoms with Crippen LogP contribution in [0.15, 0.2) is 6.20 Å². The van der Waals surface area contributed by atoms with Gasteiger partial charge in [-0.15, -0.1) is 0 Å². The second-order valence-electron chi connectivity index (χ2n) is 9.60. The van der Waals surface area contributed by atoms with Crippen molar-refractivity contribution in [2.24, 2.45) is 0 Å². The Kier molecular flexibility index (Phi) is 4.41. The van der Waals surface area contributed by atoms with Gasteiger partial charge in [0.1, 0.15) is 0 Å². The molecule has 0 saturated carbocycles. The second kappa shape index (κ2) is 5.83. The predicted molar refractivity (Wildman–Crippen MR) is 100 cm³/mol. The van der Waals surface area contributed by atoms with Crippen molar-refractivity contribution in [1.29, 1.82) is 0 Å². The molecule has 1 aromatic rings. The lowest BCUT2D eigenvalue weighted by atomic mass is 9.79. The summed E-state index contributed by atoms with van der Waals surface area (Å²) in [6, 6.07) is 0. The summed E-state index contributed by atoms with van der Waals surface area (Å²) >= 11 is 0. The summed E-state index contributed by atoms with van der Waals surface area (Å²) in [4.78, 5) is 0. The van der Waals surface area contributed by atoms with Crippen molar-refractivity contribution in [3.8, 4) is 0 Å². The average Bonchev–Trinajstić information content (AvgIpc) is 2.86. The van der Waals surface area contributed by atoms with Crippen LogP contribution in [0.3, 0.4) is 0 Å². The van der Waals surface area contributed by atoms with E-state index >= 15 is 0 Å². The topological polar surface area (TPSA) is 45.5 Å². The lowest BCUT2D eigenvalue weighted by molar-refractivity contribution is -0.172. The van der Waals surface area contributed by atoms with E-state index in [1.54, 1.807) is 0 Å². The van der Waals surface area contributed by atoms with Crippen LogP contribution in [0.25, 0.3) is 0 Å². The van der Waals surface area contributed by atoms with Gasteiger partial charge in [0, 0.05) is 17.4 Å². The van der Waals surface area contributed by atoms with Gasteiger partial charge < -0.3 is 14.0 Å². The van der Waals surface area contributed by atoms with Crippen molar-refractivity contribution in [3.63, 3.8) is 0 Å². The molecule has 0 N–H and O–H groups in total. The van der Waals surface area contributed by atoms with Crippen molar-refractivity contribution in [3.05, 3.63) is 11.9 Å². The monoisotopic (exact) mass is 348 g/mol. The lowest BCUT2D eigenvalue weighted by Gasteiger charge is -2.43. The number of rotatable bonds is 3. The van der Waals surface area contributed by atoms with Gasteiger partial charge >= 0.3 is 7.12 Å². The lowest BCUT2D eigenvalue weighted by Crippen LogP contribution is -2.46. The third kappa shape index (κ3) is 3.53. The normalized spacial score (nSPS) is 30.6. The van der Waals surface area contributed by atoms with E-state index in [0.717, 1.165) is 30.5 Å². The van der Waals surface area contributed by atoms with Gasteiger partial charge in [-0.3, -0.25) is 4.68 Å². The zero-order valence-electron chi connectivity index (χ0n) is 17.1. The maximum absolute atomic E-state index is 6.40. The standard InChI is InChI=1S/C19H33BN2O3/c1-14-15(20-24-17(4,5)18(6,7)25-20)12-21-22(14)13-19(8)11-9-10-16(2,3)23-19/h12H,9-11,13H2,1-8H3. The minimum absolute atomic E-state index is 0.0669. The molecule has 0 amide bonds. The van der Waals surface area contributed by atoms with Crippen molar-refractivity contribution >= 4 is 12.6 Å². The molecule has 2 fully saturated rings. The maximum Gasteiger partial charge on any atom is 0.498 e. The Labute approximate surface area is 152 Å². The van der Waals surface area contributed by atoms with Gasteiger partial charge in [-0.2, -0.15) is 5.10 Å². The van der Waals surface area contributed by atoms with Gasteiger partial charge in [-0.05, 0) is 74.7 Å². The first-order valence-electron chi connectivity index (χ1n) is 9.42. The van der Waals surface area contributed by atoms with Gasteiger partial charge in [0.25, 0.3) is 0 Å². The SMILES string of the molecule is Cc1c(B2OC(C)(C)C(C)(C)O2)cnn1CC1(C)CCCC(C)(C)O1. The van der Waals surface area contributed by atoms with E-state index in [1.165, 1.54) is 6.42 Å². The third-order valence-corrected chi connectivity index (χ3v) is 6.14. The van der Waals surface area contributed by atoms with Crippen LogP contribution in [0.1, 0.15) is 73.4 Å². The maximum atomic E-state index is 6.40. The Balaban J connectivity index is 1.79. The summed E-state index contributed by atoms with van der Waals surface area (Å²) in [7, 11) is -0.365. The highest BCUT2D eigenvalue weighted by Crippen LogP contribution is 2.38. The van der Waals surface area contributed by atoms with Crippen molar-refractivity contribution in [1.82, 2.24) is 9.78 Å². The van der Waals surface area contributed by atoms with Gasteiger partial charge in [0.2, 0.25) is 0 Å². The fraction of sp³-hybridized carbons (Fsp3) is 0.842. The van der Waals surface area contributed by atoms with Crippen LogP contribution in [0.2, 0.25) is 0 Å². The largest absolute Gasteiger partial charge is 0.498 e. The number of aromatic nitrogens is 2. The average molecular weight is 348 g/mol. The summed E-state index contributed by atoms with van der Waals surface area (Å²) in [5.41, 5.74) is 1.17. The first-order chi connectivity index (χ1) is 11.3. The number of hydrogen-bond acceptors (Lipinski definition) is 4. The fourth-order valence-corrected chi connectivity index (χ4v) is 3.91. The molecule has 3 heterocycles. The van der Waals surface area contributed by atoms with Crippen molar-refractivity contribution < 1.29 is 14.0 Å². The van der Waals surface area contributed by atoms with E-state index in [0.29, 0.717) is 0 Å². The Bertz CT molecular complexity index is 637. The molecule has 6 heteroatoms. The van der Waals surface area contributed by atoms with Gasteiger partial charge in [-0.25, -0.2) is 0 Å². The Hall–Kier alpha value is -0.845. The molecule has 0 spiro atoms. The number of ether oxygens (including phenoxy) is 1. The fourth-order valence-electron chi connectivity index (χ4n) is 3.91. The summed E-state index contributed by atoms with van der Waals surface area (Å²) in [5.74, 6) is 0. The minimum Gasteiger partial charge on any atom is -0.399 e. The molecule has 5 nitrogen and oxygen atoms in total. The molecule has 25 heavy (non-hydrogen) atoms. The first kappa shape index (κ1) is 18.9. The Morgan fingerprint density at radius 3 is 2.20 bits per heavy atom. The summed E-state index contributed by atoms with van der Waals surface area (Å²) in [5, 5.41) is 4.62. The zero-order valence-corrected chi connectivity index (χ0v) is 17.1. The van der Waals surface area contributed by atoms with E-state index in [1.807, 2.05) is 10.9 Å². The Morgan fingerprint density at radius 1 is 1.04 bits per heavy atom. The van der Waals surface area contributed by atoms with Crippen LogP contribution in [0.5, 0.6) is 0 Å². The molecule has 0 bridgehead atoms. The molecular formula is C19H33BN2O3. The van der Waals surface area contributed by atoms with Gasteiger partial charge in [0.05, 0.1) is 28.9 Å². The second-order valence-corrected chi connectivity index (χ2v) is 9.60. The molecule has 2 aliphatic heterocycles.